The van der Waals surface area contributed by atoms with Crippen molar-refractivity contribution in [1.29, 1.82) is 0 Å². The Labute approximate surface area is 143 Å². The van der Waals surface area contributed by atoms with Crippen molar-refractivity contribution in [3.8, 4) is 10.7 Å². The molecule has 24 heavy (non-hydrogen) atoms. The molecular weight excluding hydrogens is 320 g/mol. The van der Waals surface area contributed by atoms with Gasteiger partial charge in [0, 0.05) is 26.0 Å². The minimum absolute atomic E-state index is 0.661. The molecule has 4 aromatic heterocycles. The Morgan fingerprint density at radius 1 is 1.12 bits per heavy atom. The number of hydrogen-bond donors (Lipinski definition) is 1. The molecule has 0 bridgehead atoms. The van der Waals surface area contributed by atoms with Crippen molar-refractivity contribution in [3.63, 3.8) is 0 Å². The molecule has 0 atom stereocenters. The normalized spacial score (nSPS) is 11.1. The number of fused-ring (bicyclic) bond motifs is 1. The summed E-state index contributed by atoms with van der Waals surface area (Å²) in [5.74, 6) is 1.48. The Balaban J connectivity index is 1.79. The van der Waals surface area contributed by atoms with Gasteiger partial charge in [0.05, 0.1) is 10.6 Å². The van der Waals surface area contributed by atoms with E-state index in [9.17, 15) is 0 Å². The molecule has 0 aliphatic heterocycles. The van der Waals surface area contributed by atoms with Gasteiger partial charge in [-0.25, -0.2) is 9.97 Å². The van der Waals surface area contributed by atoms with E-state index in [4.69, 9.17) is 9.97 Å². The van der Waals surface area contributed by atoms with Crippen LogP contribution in [0.3, 0.4) is 0 Å². The quantitative estimate of drug-likeness (QED) is 0.618. The van der Waals surface area contributed by atoms with Crippen LogP contribution in [0.15, 0.2) is 42.0 Å². The molecule has 0 saturated carbocycles. The Morgan fingerprint density at radius 2 is 1.96 bits per heavy atom. The second-order valence-electron chi connectivity index (χ2n) is 5.49. The molecule has 0 aromatic carbocycles. The van der Waals surface area contributed by atoms with Gasteiger partial charge in [0.25, 0.3) is 0 Å². The van der Waals surface area contributed by atoms with Gasteiger partial charge in [0.15, 0.2) is 17.2 Å². The lowest BCUT2D eigenvalue weighted by Crippen LogP contribution is -2.04. The highest BCUT2D eigenvalue weighted by molar-refractivity contribution is 7.13. The third-order valence-electron chi connectivity index (χ3n) is 3.91. The molecule has 4 heterocycles. The zero-order valence-electron chi connectivity index (χ0n) is 13.4. The van der Waals surface area contributed by atoms with E-state index in [2.05, 4.69) is 15.4 Å². The Kier molecular flexibility index (Phi) is 3.70. The van der Waals surface area contributed by atoms with Gasteiger partial charge in [-0.3, -0.25) is 9.67 Å². The number of anilines is 1. The standard InChI is InChI=1S/C17H16N6S/c1-11-14-15(22-23(11)2)17(19-10-12-5-7-18-8-6-12)21-16(20-14)13-4-3-9-24-13/h3-9H,10H2,1-2H3,(H,19,20,21). The van der Waals surface area contributed by atoms with E-state index < -0.39 is 0 Å². The molecular formula is C17H16N6S. The average Bonchev–Trinajstić information content (AvgIpc) is 3.24. The van der Waals surface area contributed by atoms with Gasteiger partial charge in [-0.15, -0.1) is 11.3 Å². The summed E-state index contributed by atoms with van der Waals surface area (Å²) in [6.45, 7) is 2.68. The summed E-state index contributed by atoms with van der Waals surface area (Å²) in [5.41, 5.74) is 3.84. The Hall–Kier alpha value is -2.80. The van der Waals surface area contributed by atoms with Crippen molar-refractivity contribution < 1.29 is 0 Å². The lowest BCUT2D eigenvalue weighted by molar-refractivity contribution is 0.750. The number of thiophene rings is 1. The molecule has 0 unspecified atom stereocenters. The van der Waals surface area contributed by atoms with Gasteiger partial charge in [-0.2, -0.15) is 5.10 Å². The monoisotopic (exact) mass is 336 g/mol. The van der Waals surface area contributed by atoms with Gasteiger partial charge in [0.1, 0.15) is 5.52 Å². The highest BCUT2D eigenvalue weighted by Crippen LogP contribution is 2.28. The first kappa shape index (κ1) is 14.8. The summed E-state index contributed by atoms with van der Waals surface area (Å²) in [6, 6.07) is 8.00. The predicted octanol–water partition coefficient (Wildman–Crippen LogP) is 3.41. The summed E-state index contributed by atoms with van der Waals surface area (Å²) in [6.07, 6.45) is 3.57. The maximum Gasteiger partial charge on any atom is 0.172 e. The lowest BCUT2D eigenvalue weighted by Gasteiger charge is -2.07. The summed E-state index contributed by atoms with van der Waals surface area (Å²) in [7, 11) is 1.93. The van der Waals surface area contributed by atoms with E-state index in [0.29, 0.717) is 6.54 Å². The molecule has 6 nitrogen and oxygen atoms in total. The Morgan fingerprint density at radius 3 is 2.71 bits per heavy atom. The van der Waals surface area contributed by atoms with Gasteiger partial charge in [0.2, 0.25) is 0 Å². The molecule has 0 aliphatic rings. The Bertz CT molecular complexity index is 975. The van der Waals surface area contributed by atoms with Crippen molar-refractivity contribution in [2.75, 3.05) is 5.32 Å². The second-order valence-corrected chi connectivity index (χ2v) is 6.44. The van der Waals surface area contributed by atoms with E-state index in [-0.39, 0.29) is 0 Å². The smallest absolute Gasteiger partial charge is 0.172 e. The topological polar surface area (TPSA) is 68.5 Å². The summed E-state index contributed by atoms with van der Waals surface area (Å²) in [4.78, 5) is 14.5. The average molecular weight is 336 g/mol. The zero-order valence-corrected chi connectivity index (χ0v) is 14.2. The fourth-order valence-electron chi connectivity index (χ4n) is 2.51. The first-order valence-electron chi connectivity index (χ1n) is 7.60. The summed E-state index contributed by atoms with van der Waals surface area (Å²) < 4.78 is 1.84. The van der Waals surface area contributed by atoms with E-state index in [0.717, 1.165) is 38.8 Å². The number of pyridine rings is 1. The first-order valence-corrected chi connectivity index (χ1v) is 8.48. The number of nitrogens with zero attached hydrogens (tertiary/aromatic N) is 5. The molecule has 0 fully saturated rings. The molecule has 120 valence electrons. The number of hydrogen-bond acceptors (Lipinski definition) is 6. The summed E-state index contributed by atoms with van der Waals surface area (Å²) in [5, 5.41) is 10.00. The van der Waals surface area contributed by atoms with Crippen LogP contribution in [0.4, 0.5) is 5.82 Å². The largest absolute Gasteiger partial charge is 0.364 e. The van der Waals surface area contributed by atoms with Crippen LogP contribution in [0, 0.1) is 6.92 Å². The number of rotatable bonds is 4. The molecule has 7 heteroatoms. The van der Waals surface area contributed by atoms with E-state index >= 15 is 0 Å². The van der Waals surface area contributed by atoms with Gasteiger partial charge >= 0.3 is 0 Å². The summed E-state index contributed by atoms with van der Waals surface area (Å²) >= 11 is 1.63. The zero-order chi connectivity index (χ0) is 16.5. The number of aromatic nitrogens is 5. The lowest BCUT2D eigenvalue weighted by atomic mass is 10.2. The van der Waals surface area contributed by atoms with Crippen LogP contribution in [0.2, 0.25) is 0 Å². The molecule has 0 amide bonds. The van der Waals surface area contributed by atoms with Crippen LogP contribution in [-0.4, -0.2) is 24.7 Å². The minimum atomic E-state index is 0.661. The first-order chi connectivity index (χ1) is 11.7. The molecule has 0 spiro atoms. The van der Waals surface area contributed by atoms with Crippen molar-refractivity contribution >= 4 is 28.2 Å². The van der Waals surface area contributed by atoms with E-state index in [1.165, 1.54) is 0 Å². The molecule has 0 radical (unpaired) electrons. The fraction of sp³-hybridized carbons (Fsp3) is 0.176. The van der Waals surface area contributed by atoms with Crippen LogP contribution >= 0.6 is 11.3 Å². The van der Waals surface area contributed by atoms with Crippen LogP contribution in [-0.2, 0) is 13.6 Å². The van der Waals surface area contributed by atoms with E-state index in [1.807, 2.05) is 48.3 Å². The van der Waals surface area contributed by atoms with Gasteiger partial charge in [-0.1, -0.05) is 6.07 Å². The molecule has 4 rings (SSSR count). The van der Waals surface area contributed by atoms with Crippen molar-refractivity contribution in [3.05, 3.63) is 53.3 Å². The van der Waals surface area contributed by atoms with Crippen LogP contribution in [0.5, 0.6) is 0 Å². The predicted molar refractivity (Wildman–Crippen MR) is 95.9 cm³/mol. The maximum absolute atomic E-state index is 4.72. The molecule has 4 aromatic rings. The highest BCUT2D eigenvalue weighted by atomic mass is 32.1. The third-order valence-corrected chi connectivity index (χ3v) is 4.78. The maximum atomic E-state index is 4.72. The van der Waals surface area contributed by atoms with Crippen molar-refractivity contribution in [2.45, 2.75) is 13.5 Å². The van der Waals surface area contributed by atoms with Gasteiger partial charge in [-0.05, 0) is 36.1 Å². The number of nitrogens with one attached hydrogen (secondary N) is 1. The van der Waals surface area contributed by atoms with Crippen molar-refractivity contribution in [1.82, 2.24) is 24.7 Å². The van der Waals surface area contributed by atoms with Crippen LogP contribution in [0.1, 0.15) is 11.3 Å². The molecule has 1 N–H and O–H groups in total. The highest BCUT2D eigenvalue weighted by Gasteiger charge is 2.16. The second kappa shape index (κ2) is 6.01. The minimum Gasteiger partial charge on any atom is -0.364 e. The number of aryl methyl sites for hydroxylation is 2. The van der Waals surface area contributed by atoms with Crippen molar-refractivity contribution in [2.24, 2.45) is 7.05 Å². The SMILES string of the molecule is Cc1c2nc(-c3cccs3)nc(NCc3ccncc3)c2nn1C. The molecule has 0 aliphatic carbocycles. The van der Waals surface area contributed by atoms with E-state index in [1.54, 1.807) is 23.7 Å². The fourth-order valence-corrected chi connectivity index (χ4v) is 3.16. The van der Waals surface area contributed by atoms with Crippen LogP contribution in [0.25, 0.3) is 21.7 Å². The third kappa shape index (κ3) is 2.63. The van der Waals surface area contributed by atoms with Crippen LogP contribution < -0.4 is 5.32 Å². The van der Waals surface area contributed by atoms with Gasteiger partial charge < -0.3 is 5.32 Å². The molecule has 0 saturated heterocycles.